The molecule has 0 saturated heterocycles. The minimum atomic E-state index is 0. The molecule has 0 heterocycles. The maximum atomic E-state index is 0. The molecule has 0 amide bonds. The summed E-state index contributed by atoms with van der Waals surface area (Å²) >= 11 is 0. The zero-order valence-electron chi connectivity index (χ0n) is 4.27. The van der Waals surface area contributed by atoms with Crippen molar-refractivity contribution < 1.29 is 19.9 Å². The van der Waals surface area contributed by atoms with Crippen LogP contribution in [0.1, 0.15) is 2.85 Å². The molecule has 0 aliphatic rings. The molecule has 0 radical (unpaired) electrons. The van der Waals surface area contributed by atoms with Gasteiger partial charge in [0.05, 0.1) is 0 Å². The summed E-state index contributed by atoms with van der Waals surface area (Å²) in [7, 11) is 0. The first kappa shape index (κ1) is 29.7. The van der Waals surface area contributed by atoms with Crippen LogP contribution in [0.2, 0.25) is 0 Å². The van der Waals surface area contributed by atoms with Crippen molar-refractivity contribution in [3.8, 4) is 0 Å². The summed E-state index contributed by atoms with van der Waals surface area (Å²) in [5.41, 5.74) is 0. The van der Waals surface area contributed by atoms with Crippen molar-refractivity contribution in [2.45, 2.75) is 0 Å². The molecule has 0 aromatic rings. The van der Waals surface area contributed by atoms with Crippen LogP contribution < -0.4 is 0 Å². The van der Waals surface area contributed by atoms with Crippen LogP contribution in [0.5, 0.6) is 0 Å². The van der Waals surface area contributed by atoms with Gasteiger partial charge in [0.2, 0.25) is 0 Å². The van der Waals surface area contributed by atoms with E-state index >= 15 is 0 Å². The fraction of sp³-hybridized carbons (Fsp3) is 0. The second kappa shape index (κ2) is 17.2. The van der Waals surface area contributed by atoms with Crippen molar-refractivity contribution in [1.82, 2.24) is 0 Å². The standard InChI is InChI=1S/Ca.Fe.H3P.H2Se.2H/h;;1H3;1H2;;/q+2;;;;2*-1. The van der Waals surface area contributed by atoms with Crippen LogP contribution in [0, 0.1) is 0 Å². The van der Waals surface area contributed by atoms with Crippen LogP contribution in [0.3, 0.4) is 0 Å². The average molecular weight is 213 g/mol. The van der Waals surface area contributed by atoms with Crippen LogP contribution in [0.4, 0.5) is 0 Å². The first-order valence-corrected chi connectivity index (χ1v) is 0. The molecule has 0 aliphatic heterocycles. The number of rotatable bonds is 0. The summed E-state index contributed by atoms with van der Waals surface area (Å²) in [5.74, 6) is 0. The van der Waals surface area contributed by atoms with Crippen LogP contribution in [-0.2, 0) is 17.1 Å². The van der Waals surface area contributed by atoms with E-state index < -0.39 is 0 Å². The molecule has 0 spiro atoms. The van der Waals surface area contributed by atoms with Gasteiger partial charge in [0, 0.05) is 17.1 Å². The van der Waals surface area contributed by atoms with Gasteiger partial charge in [0.25, 0.3) is 0 Å². The van der Waals surface area contributed by atoms with Crippen molar-refractivity contribution in [3.05, 3.63) is 0 Å². The Bertz CT molecular complexity index is 13.5. The monoisotopic (exact) mass is 214 g/mol. The van der Waals surface area contributed by atoms with Gasteiger partial charge in [-0.1, -0.05) is 0 Å². The van der Waals surface area contributed by atoms with Gasteiger partial charge >= 0.3 is 54.8 Å². The molecule has 1 atom stereocenters. The molecule has 0 bridgehead atoms. The Balaban J connectivity index is 0. The first-order valence-electron chi connectivity index (χ1n) is 0. The Morgan fingerprint density at radius 1 is 1.25 bits per heavy atom. The van der Waals surface area contributed by atoms with Gasteiger partial charge in [0.1, 0.15) is 0 Å². The molecular weight excluding hydrogens is 206 g/mol. The molecule has 4 heteroatoms. The van der Waals surface area contributed by atoms with Crippen LogP contribution >= 0.6 is 9.90 Å². The van der Waals surface area contributed by atoms with Crippen molar-refractivity contribution in [2.24, 2.45) is 0 Å². The van der Waals surface area contributed by atoms with Gasteiger partial charge in [-0.2, -0.15) is 9.90 Å². The number of hydrogen-bond donors (Lipinski definition) is 0. The normalized spacial score (nSPS) is 0. The molecule has 28 valence electrons. The van der Waals surface area contributed by atoms with Crippen LogP contribution in [0.25, 0.3) is 0 Å². The van der Waals surface area contributed by atoms with Crippen LogP contribution in [0.15, 0.2) is 0 Å². The van der Waals surface area contributed by atoms with Crippen LogP contribution in [-0.4, -0.2) is 54.8 Å². The third-order valence-electron chi connectivity index (χ3n) is 0. The predicted molar refractivity (Wildman–Crippen MR) is 27.6 cm³/mol. The Morgan fingerprint density at radius 3 is 1.25 bits per heavy atom. The quantitative estimate of drug-likeness (QED) is 0.357. The van der Waals surface area contributed by atoms with Gasteiger partial charge < -0.3 is 2.85 Å². The predicted octanol–water partition coefficient (Wildman–Crippen LogP) is -1.02. The summed E-state index contributed by atoms with van der Waals surface area (Å²) < 4.78 is 0. The van der Waals surface area contributed by atoms with Gasteiger partial charge in [-0.25, -0.2) is 0 Å². The third kappa shape index (κ3) is 8.83. The summed E-state index contributed by atoms with van der Waals surface area (Å²) in [4.78, 5) is 0. The van der Waals surface area contributed by atoms with E-state index in [0.29, 0.717) is 0 Å². The summed E-state index contributed by atoms with van der Waals surface area (Å²) in [6, 6.07) is 0. The second-order valence-electron chi connectivity index (χ2n) is 0. The van der Waals surface area contributed by atoms with Gasteiger partial charge in [-0.05, 0) is 0 Å². The van der Waals surface area contributed by atoms with Gasteiger partial charge in [-0.15, -0.1) is 0 Å². The Hall–Kier alpha value is 2.73. The Kier molecular flexibility index (Phi) is 128. The zero-order valence-corrected chi connectivity index (χ0v) is 9.09. The van der Waals surface area contributed by atoms with Gasteiger partial charge in [0.15, 0.2) is 0 Å². The first-order chi connectivity index (χ1) is 0. The molecule has 0 aromatic heterocycles. The summed E-state index contributed by atoms with van der Waals surface area (Å²) in [5, 5.41) is 0. The molecule has 0 rings (SSSR count). The number of hydrogen-bond acceptors (Lipinski definition) is 0. The van der Waals surface area contributed by atoms with Crippen molar-refractivity contribution in [2.75, 3.05) is 0 Å². The molecule has 0 aliphatic carbocycles. The third-order valence-corrected chi connectivity index (χ3v) is 0. The van der Waals surface area contributed by atoms with Gasteiger partial charge in [-0.3, -0.25) is 0 Å². The van der Waals surface area contributed by atoms with E-state index in [1.807, 2.05) is 0 Å². The maximum absolute atomic E-state index is 0. The second-order valence-corrected chi connectivity index (χ2v) is 0. The average Bonchev–Trinajstić information content (AvgIpc) is 0. The van der Waals surface area contributed by atoms with E-state index in [0.717, 1.165) is 0 Å². The molecule has 0 saturated carbocycles. The van der Waals surface area contributed by atoms with E-state index in [-0.39, 0.29) is 84.6 Å². The molecular formula is H7CaFePSe. The Morgan fingerprint density at radius 2 is 1.25 bits per heavy atom. The van der Waals surface area contributed by atoms with Crippen molar-refractivity contribution >= 4 is 64.7 Å². The molecule has 4 heavy (non-hydrogen) atoms. The minimum absolute atomic E-state index is 0. The fourth-order valence-corrected chi connectivity index (χ4v) is 0. The molecule has 0 N–H and O–H groups in total. The van der Waals surface area contributed by atoms with Crippen molar-refractivity contribution in [3.63, 3.8) is 0 Å². The Labute approximate surface area is 83.4 Å². The van der Waals surface area contributed by atoms with E-state index in [1.54, 1.807) is 0 Å². The topological polar surface area (TPSA) is 0 Å². The fourth-order valence-electron chi connectivity index (χ4n) is 0. The van der Waals surface area contributed by atoms with Crippen molar-refractivity contribution in [1.29, 1.82) is 0 Å². The van der Waals surface area contributed by atoms with E-state index in [9.17, 15) is 0 Å². The zero-order chi connectivity index (χ0) is 0. The SMILES string of the molecule is P.[Ca+2].[Fe].[H-].[H-].[SeH2]. The molecule has 1 unspecified atom stereocenters. The van der Waals surface area contributed by atoms with E-state index in [2.05, 4.69) is 0 Å². The molecule has 0 nitrogen and oxygen atoms in total. The molecule has 0 aromatic carbocycles. The molecule has 0 fully saturated rings. The summed E-state index contributed by atoms with van der Waals surface area (Å²) in [6.45, 7) is 0. The van der Waals surface area contributed by atoms with E-state index in [4.69, 9.17) is 0 Å². The van der Waals surface area contributed by atoms with E-state index in [1.165, 1.54) is 0 Å². The summed E-state index contributed by atoms with van der Waals surface area (Å²) in [6.07, 6.45) is 0.